The van der Waals surface area contributed by atoms with Crippen molar-refractivity contribution in [3.63, 3.8) is 0 Å². The molecule has 3 heteroatoms. The minimum absolute atomic E-state index is 0.379. The van der Waals surface area contributed by atoms with E-state index in [0.717, 1.165) is 16.5 Å². The highest BCUT2D eigenvalue weighted by Gasteiger charge is 2.12. The molecule has 1 aromatic carbocycles. The van der Waals surface area contributed by atoms with Gasteiger partial charge in [-0.05, 0) is 6.07 Å². The molecule has 0 aliphatic rings. The number of halogens is 1. The minimum atomic E-state index is 0.379. The molecule has 0 atom stereocenters. The topological polar surface area (TPSA) is 28.7 Å². The summed E-state index contributed by atoms with van der Waals surface area (Å²) in [5.41, 5.74) is 2.63. The van der Waals surface area contributed by atoms with E-state index in [1.807, 2.05) is 35.9 Å². The lowest BCUT2D eigenvalue weighted by Gasteiger charge is -1.95. The normalized spacial score (nSPS) is 10.4. The highest BCUT2D eigenvalue weighted by Crippen LogP contribution is 2.25. The van der Waals surface area contributed by atoms with E-state index in [1.54, 1.807) is 0 Å². The van der Waals surface area contributed by atoms with Crippen LogP contribution in [0.3, 0.4) is 0 Å². The highest BCUT2D eigenvalue weighted by atomic mass is 35.5. The molecule has 0 fully saturated rings. The van der Waals surface area contributed by atoms with E-state index in [-0.39, 0.29) is 0 Å². The van der Waals surface area contributed by atoms with E-state index in [1.165, 1.54) is 0 Å². The first-order valence-corrected chi connectivity index (χ1v) is 4.85. The first-order valence-electron chi connectivity index (χ1n) is 4.32. The second-order valence-corrected chi connectivity index (χ2v) is 3.42. The molecule has 0 spiro atoms. The van der Waals surface area contributed by atoms with E-state index < -0.39 is 0 Å². The Morgan fingerprint density at radius 2 is 2.14 bits per heavy atom. The van der Waals surface area contributed by atoms with Crippen LogP contribution in [0.5, 0.6) is 0 Å². The number of para-hydroxylation sites is 1. The van der Waals surface area contributed by atoms with Gasteiger partial charge in [-0.15, -0.1) is 11.6 Å². The van der Waals surface area contributed by atoms with Crippen molar-refractivity contribution >= 4 is 22.5 Å². The Labute approximate surface area is 87.3 Å². The lowest BCUT2D eigenvalue weighted by molar-refractivity contribution is 0.939. The maximum atomic E-state index is 9.00. The van der Waals surface area contributed by atoms with Gasteiger partial charge in [-0.25, -0.2) is 0 Å². The molecule has 1 aromatic heterocycles. The molecule has 0 N–H and O–H groups in total. The summed E-state index contributed by atoms with van der Waals surface area (Å²) in [5, 5.41) is 10.1. The molecule has 0 amide bonds. The molecule has 0 saturated carbocycles. The van der Waals surface area contributed by atoms with E-state index in [4.69, 9.17) is 16.9 Å². The molecule has 0 saturated heterocycles. The summed E-state index contributed by atoms with van der Waals surface area (Å²) in [6.45, 7) is 0. The van der Waals surface area contributed by atoms with Crippen molar-refractivity contribution in [1.29, 1.82) is 5.26 Å². The molecule has 0 aliphatic heterocycles. The Kier molecular flexibility index (Phi) is 2.18. The summed E-state index contributed by atoms with van der Waals surface area (Å²) in [5.74, 6) is 0.379. The lowest BCUT2D eigenvalue weighted by atomic mass is 10.1. The van der Waals surface area contributed by atoms with E-state index in [0.29, 0.717) is 11.6 Å². The Bertz CT molecular complexity index is 520. The predicted molar refractivity (Wildman–Crippen MR) is 57.2 cm³/mol. The molecular weight excluding hydrogens is 196 g/mol. The van der Waals surface area contributed by atoms with Crippen LogP contribution in [0.15, 0.2) is 24.3 Å². The Morgan fingerprint density at radius 3 is 2.79 bits per heavy atom. The largest absolute Gasteiger partial charge is 0.335 e. The summed E-state index contributed by atoms with van der Waals surface area (Å²) in [6.07, 6.45) is 0. The molecule has 1 heterocycles. The average Bonchev–Trinajstić information content (AvgIpc) is 2.51. The van der Waals surface area contributed by atoms with Gasteiger partial charge >= 0.3 is 0 Å². The number of rotatable bonds is 1. The standard InChI is InChI=1S/C11H9ClN2/c1-14-10-5-3-2-4-8(10)9(6-12)11(14)7-13/h2-5H,6H2,1H3. The highest BCUT2D eigenvalue weighted by molar-refractivity contribution is 6.18. The van der Waals surface area contributed by atoms with Crippen molar-refractivity contribution in [2.45, 2.75) is 5.88 Å². The van der Waals surface area contributed by atoms with E-state index in [9.17, 15) is 0 Å². The van der Waals surface area contributed by atoms with Crippen LogP contribution in [0.4, 0.5) is 0 Å². The summed E-state index contributed by atoms with van der Waals surface area (Å²) in [7, 11) is 1.89. The van der Waals surface area contributed by atoms with Gasteiger partial charge in [-0.1, -0.05) is 18.2 Å². The zero-order valence-corrected chi connectivity index (χ0v) is 8.54. The number of hydrogen-bond acceptors (Lipinski definition) is 1. The third-order valence-corrected chi connectivity index (χ3v) is 2.72. The average molecular weight is 205 g/mol. The molecular formula is C11H9ClN2. The van der Waals surface area contributed by atoms with Crippen molar-refractivity contribution in [2.75, 3.05) is 0 Å². The Balaban J connectivity index is 2.93. The maximum absolute atomic E-state index is 9.00. The number of benzene rings is 1. The number of nitriles is 1. The molecule has 0 unspecified atom stereocenters. The molecule has 2 rings (SSSR count). The van der Waals surface area contributed by atoms with Crippen molar-refractivity contribution in [3.8, 4) is 6.07 Å². The van der Waals surface area contributed by atoms with Crippen LogP contribution in [0.25, 0.3) is 10.9 Å². The van der Waals surface area contributed by atoms with Crippen molar-refractivity contribution in [3.05, 3.63) is 35.5 Å². The molecule has 2 aromatic rings. The number of nitrogens with zero attached hydrogens (tertiary/aromatic N) is 2. The van der Waals surface area contributed by atoms with Gasteiger partial charge in [0.15, 0.2) is 0 Å². The number of aromatic nitrogens is 1. The summed E-state index contributed by atoms with van der Waals surface area (Å²) in [6, 6.07) is 10.1. The van der Waals surface area contributed by atoms with Crippen molar-refractivity contribution in [2.24, 2.45) is 7.05 Å². The minimum Gasteiger partial charge on any atom is -0.335 e. The van der Waals surface area contributed by atoms with Gasteiger partial charge in [0, 0.05) is 23.5 Å². The fourth-order valence-electron chi connectivity index (χ4n) is 1.75. The summed E-state index contributed by atoms with van der Waals surface area (Å²) in [4.78, 5) is 0. The van der Waals surface area contributed by atoms with Crippen LogP contribution in [-0.4, -0.2) is 4.57 Å². The number of aryl methyl sites for hydroxylation is 1. The van der Waals surface area contributed by atoms with Crippen LogP contribution in [0.2, 0.25) is 0 Å². The lowest BCUT2D eigenvalue weighted by Crippen LogP contribution is -1.92. The van der Waals surface area contributed by atoms with Gasteiger partial charge in [-0.3, -0.25) is 0 Å². The molecule has 70 valence electrons. The smallest absolute Gasteiger partial charge is 0.125 e. The fraction of sp³-hybridized carbons (Fsp3) is 0.182. The first kappa shape index (κ1) is 9.11. The zero-order chi connectivity index (χ0) is 10.1. The number of alkyl halides is 1. The van der Waals surface area contributed by atoms with Gasteiger partial charge < -0.3 is 4.57 Å². The summed E-state index contributed by atoms with van der Waals surface area (Å²) < 4.78 is 1.88. The molecule has 0 bridgehead atoms. The summed E-state index contributed by atoms with van der Waals surface area (Å²) >= 11 is 5.84. The Morgan fingerprint density at radius 1 is 1.43 bits per heavy atom. The fourth-order valence-corrected chi connectivity index (χ4v) is 2.02. The van der Waals surface area contributed by atoms with E-state index in [2.05, 4.69) is 6.07 Å². The number of hydrogen-bond donors (Lipinski definition) is 0. The third kappa shape index (κ3) is 1.10. The van der Waals surface area contributed by atoms with Gasteiger partial charge in [-0.2, -0.15) is 5.26 Å². The maximum Gasteiger partial charge on any atom is 0.125 e. The van der Waals surface area contributed by atoms with Crippen molar-refractivity contribution in [1.82, 2.24) is 4.57 Å². The van der Waals surface area contributed by atoms with Crippen LogP contribution in [-0.2, 0) is 12.9 Å². The molecule has 0 radical (unpaired) electrons. The molecule has 2 nitrogen and oxygen atoms in total. The zero-order valence-electron chi connectivity index (χ0n) is 7.79. The van der Waals surface area contributed by atoms with Gasteiger partial charge in [0.1, 0.15) is 11.8 Å². The van der Waals surface area contributed by atoms with Crippen molar-refractivity contribution < 1.29 is 0 Å². The monoisotopic (exact) mass is 204 g/mol. The van der Waals surface area contributed by atoms with Gasteiger partial charge in [0.05, 0.1) is 5.88 Å². The van der Waals surface area contributed by atoms with E-state index >= 15 is 0 Å². The number of fused-ring (bicyclic) bond motifs is 1. The SMILES string of the molecule is Cn1c(C#N)c(CCl)c2ccccc21. The van der Waals surface area contributed by atoms with Gasteiger partial charge in [0.25, 0.3) is 0 Å². The molecule has 0 aliphatic carbocycles. The van der Waals surface area contributed by atoms with Crippen LogP contribution >= 0.6 is 11.6 Å². The third-order valence-electron chi connectivity index (χ3n) is 2.45. The quantitative estimate of drug-likeness (QED) is 0.657. The predicted octanol–water partition coefficient (Wildman–Crippen LogP) is 2.79. The van der Waals surface area contributed by atoms with Gasteiger partial charge in [0.2, 0.25) is 0 Å². The second-order valence-electron chi connectivity index (χ2n) is 3.15. The second kappa shape index (κ2) is 3.36. The van der Waals surface area contributed by atoms with Crippen LogP contribution in [0.1, 0.15) is 11.3 Å². The first-order chi connectivity index (χ1) is 6.79. The Hall–Kier alpha value is -1.46. The molecule has 14 heavy (non-hydrogen) atoms. The van der Waals surface area contributed by atoms with Crippen LogP contribution in [0, 0.1) is 11.3 Å². The van der Waals surface area contributed by atoms with Crippen LogP contribution < -0.4 is 0 Å².